The molecule has 8 aromatic rings. The van der Waals surface area contributed by atoms with Crippen LogP contribution in [0.15, 0.2) is 152 Å². The summed E-state index contributed by atoms with van der Waals surface area (Å²) in [5, 5.41) is 10.7. The van der Waals surface area contributed by atoms with Gasteiger partial charge in [-0.25, -0.2) is 9.97 Å². The molecule has 0 saturated heterocycles. The Bertz CT molecular complexity index is 2610. The lowest BCUT2D eigenvalue weighted by Crippen LogP contribution is -2.15. The van der Waals surface area contributed by atoms with Crippen molar-refractivity contribution < 1.29 is 0 Å². The summed E-state index contributed by atoms with van der Waals surface area (Å²) in [6.45, 7) is 4.49. The van der Waals surface area contributed by atoms with Gasteiger partial charge in [0.25, 0.3) is 0 Å². The van der Waals surface area contributed by atoms with Crippen LogP contribution in [0.2, 0.25) is 0 Å². The number of aromatic nitrogens is 4. The van der Waals surface area contributed by atoms with Crippen molar-refractivity contribution in [2.75, 3.05) is 0 Å². The van der Waals surface area contributed by atoms with Crippen LogP contribution in [0.5, 0.6) is 0 Å². The van der Waals surface area contributed by atoms with E-state index in [0.717, 1.165) is 61.4 Å². The third-order valence-electron chi connectivity index (χ3n) is 9.99. The molecule has 51 heavy (non-hydrogen) atoms. The van der Waals surface area contributed by atoms with Crippen molar-refractivity contribution in [2.45, 2.75) is 19.3 Å². The Balaban J connectivity index is 1.27. The maximum absolute atomic E-state index is 9.65. The van der Waals surface area contributed by atoms with Crippen LogP contribution in [-0.4, -0.2) is 19.9 Å². The van der Waals surface area contributed by atoms with Crippen molar-refractivity contribution in [2.24, 2.45) is 0 Å². The number of pyridine rings is 2. The van der Waals surface area contributed by atoms with E-state index in [1.807, 2.05) is 85.2 Å². The number of hydrogen-bond acceptors (Lipinski definition) is 5. The van der Waals surface area contributed by atoms with Gasteiger partial charge in [0.1, 0.15) is 0 Å². The van der Waals surface area contributed by atoms with Crippen molar-refractivity contribution >= 4 is 10.9 Å². The first-order valence-corrected chi connectivity index (χ1v) is 17.0. The Hall–Kier alpha value is -6.77. The van der Waals surface area contributed by atoms with Crippen LogP contribution < -0.4 is 0 Å². The van der Waals surface area contributed by atoms with Crippen LogP contribution in [0.1, 0.15) is 30.5 Å². The van der Waals surface area contributed by atoms with E-state index in [0.29, 0.717) is 11.4 Å². The second-order valence-electron chi connectivity index (χ2n) is 13.5. The molecule has 0 N–H and O–H groups in total. The second kappa shape index (κ2) is 12.0. The average Bonchev–Trinajstić information content (AvgIpc) is 3.42. The summed E-state index contributed by atoms with van der Waals surface area (Å²) < 4.78 is 0. The Morgan fingerprint density at radius 1 is 0.510 bits per heavy atom. The van der Waals surface area contributed by atoms with Gasteiger partial charge in [0, 0.05) is 45.4 Å². The average molecular weight is 654 g/mol. The third-order valence-corrected chi connectivity index (χ3v) is 9.99. The molecule has 0 aliphatic heterocycles. The van der Waals surface area contributed by atoms with Gasteiger partial charge in [0.2, 0.25) is 0 Å². The third kappa shape index (κ3) is 5.26. The van der Waals surface area contributed by atoms with Crippen LogP contribution in [-0.2, 0) is 5.41 Å². The molecule has 3 heterocycles. The van der Waals surface area contributed by atoms with E-state index < -0.39 is 0 Å². The van der Waals surface area contributed by atoms with E-state index in [1.54, 1.807) is 0 Å². The van der Waals surface area contributed by atoms with Gasteiger partial charge in [-0.15, -0.1) is 0 Å². The number of rotatable bonds is 5. The molecular weight excluding hydrogens is 623 g/mol. The van der Waals surface area contributed by atoms with Gasteiger partial charge in [-0.2, -0.15) is 5.26 Å². The Labute approximate surface area is 296 Å². The maximum atomic E-state index is 9.65. The number of nitriles is 1. The molecule has 0 saturated carbocycles. The molecule has 0 spiro atoms. The number of nitrogens with zero attached hydrogens (tertiary/aromatic N) is 5. The minimum atomic E-state index is -0.267. The fourth-order valence-corrected chi connectivity index (χ4v) is 7.35. The predicted octanol–water partition coefficient (Wildman–Crippen LogP) is 10.9. The summed E-state index contributed by atoms with van der Waals surface area (Å²) in [7, 11) is 0. The van der Waals surface area contributed by atoms with Gasteiger partial charge in [0.05, 0.1) is 34.2 Å². The molecule has 0 fully saturated rings. The lowest BCUT2D eigenvalue weighted by atomic mass is 9.81. The molecule has 0 atom stereocenters. The molecular formula is C46H31N5. The molecule has 1 aliphatic carbocycles. The second-order valence-corrected chi connectivity index (χ2v) is 13.5. The predicted molar refractivity (Wildman–Crippen MR) is 205 cm³/mol. The minimum Gasteiger partial charge on any atom is -0.254 e. The number of hydrogen-bond donors (Lipinski definition) is 0. The van der Waals surface area contributed by atoms with Crippen LogP contribution in [0.3, 0.4) is 0 Å². The molecule has 0 unspecified atom stereocenters. The largest absolute Gasteiger partial charge is 0.254 e. The van der Waals surface area contributed by atoms with E-state index in [-0.39, 0.29) is 5.41 Å². The summed E-state index contributed by atoms with van der Waals surface area (Å²) in [6.07, 6.45) is 3.67. The van der Waals surface area contributed by atoms with Crippen molar-refractivity contribution in [3.05, 3.63) is 169 Å². The Morgan fingerprint density at radius 2 is 1.18 bits per heavy atom. The Kier molecular flexibility index (Phi) is 7.12. The van der Waals surface area contributed by atoms with E-state index in [1.165, 1.54) is 22.3 Å². The summed E-state index contributed by atoms with van der Waals surface area (Å²) in [5.74, 6) is 0.664. The molecule has 0 radical (unpaired) electrons. The van der Waals surface area contributed by atoms with Gasteiger partial charge >= 0.3 is 0 Å². The van der Waals surface area contributed by atoms with Crippen molar-refractivity contribution in [1.82, 2.24) is 19.9 Å². The zero-order chi connectivity index (χ0) is 34.5. The monoisotopic (exact) mass is 653 g/mol. The van der Waals surface area contributed by atoms with Gasteiger partial charge < -0.3 is 0 Å². The zero-order valence-corrected chi connectivity index (χ0v) is 28.2. The molecule has 3 aromatic heterocycles. The van der Waals surface area contributed by atoms with Crippen LogP contribution in [0.4, 0.5) is 0 Å². The van der Waals surface area contributed by atoms with Crippen molar-refractivity contribution in [3.63, 3.8) is 0 Å². The smallest absolute Gasteiger partial charge is 0.160 e. The van der Waals surface area contributed by atoms with E-state index in [2.05, 4.69) is 86.6 Å². The van der Waals surface area contributed by atoms with E-state index >= 15 is 0 Å². The van der Waals surface area contributed by atoms with Crippen LogP contribution in [0.25, 0.3) is 78.3 Å². The normalized spacial score (nSPS) is 12.6. The fraction of sp³-hybridized carbons (Fsp3) is 0.0652. The Morgan fingerprint density at radius 3 is 1.94 bits per heavy atom. The number of benzene rings is 5. The van der Waals surface area contributed by atoms with Gasteiger partial charge in [-0.05, 0) is 88.0 Å². The molecule has 5 aromatic carbocycles. The lowest BCUT2D eigenvalue weighted by molar-refractivity contribution is 0.660. The highest BCUT2D eigenvalue weighted by molar-refractivity contribution is 5.94. The fourth-order valence-electron chi connectivity index (χ4n) is 7.35. The number of fused-ring (bicyclic) bond motifs is 4. The summed E-state index contributed by atoms with van der Waals surface area (Å²) >= 11 is 0. The van der Waals surface area contributed by atoms with E-state index in [9.17, 15) is 5.26 Å². The maximum Gasteiger partial charge on any atom is 0.160 e. The molecule has 5 heteroatoms. The van der Waals surface area contributed by atoms with Gasteiger partial charge in [-0.1, -0.05) is 98.8 Å². The standard InChI is InChI=1S/C46H31N5/c1-46(2)39-22-29(28-47)15-17-37(39)38-18-16-33(26-40(38)46)34-23-35(25-36(24-34)44-43-31(19-21-49-44)14-9-20-48-43)42-27-41(30-10-5-3-6-11-30)50-45(51-42)32-12-7-4-8-13-32/h3-27H,1-2H3. The first-order chi connectivity index (χ1) is 25.0. The van der Waals surface area contributed by atoms with E-state index in [4.69, 9.17) is 19.9 Å². The van der Waals surface area contributed by atoms with Gasteiger partial charge in [0.15, 0.2) is 5.82 Å². The molecule has 0 bridgehead atoms. The highest BCUT2D eigenvalue weighted by Gasteiger charge is 2.36. The highest BCUT2D eigenvalue weighted by Crippen LogP contribution is 2.50. The first-order valence-electron chi connectivity index (χ1n) is 17.0. The molecule has 5 nitrogen and oxygen atoms in total. The molecule has 9 rings (SSSR count). The summed E-state index contributed by atoms with van der Waals surface area (Å²) in [5.41, 5.74) is 14.6. The zero-order valence-electron chi connectivity index (χ0n) is 28.2. The topological polar surface area (TPSA) is 75.3 Å². The van der Waals surface area contributed by atoms with Gasteiger partial charge in [-0.3, -0.25) is 9.97 Å². The highest BCUT2D eigenvalue weighted by atomic mass is 14.9. The molecule has 1 aliphatic rings. The quantitative estimate of drug-likeness (QED) is 0.185. The SMILES string of the molecule is CC1(C)c2cc(C#N)ccc2-c2ccc(-c3cc(-c4cc(-c5ccccc5)nc(-c5ccccc5)n4)cc(-c4nccc5cccnc45)c3)cc21. The summed E-state index contributed by atoms with van der Waals surface area (Å²) in [4.78, 5) is 19.9. The van der Waals surface area contributed by atoms with Crippen molar-refractivity contribution in [1.29, 1.82) is 5.26 Å². The summed E-state index contributed by atoms with van der Waals surface area (Å²) in [6, 6.07) is 50.2. The lowest BCUT2D eigenvalue weighted by Gasteiger charge is -2.22. The molecule has 0 amide bonds. The minimum absolute atomic E-state index is 0.267. The molecule has 240 valence electrons. The van der Waals surface area contributed by atoms with Crippen molar-refractivity contribution in [3.8, 4) is 73.5 Å². The first kappa shape index (κ1) is 30.3. The van der Waals surface area contributed by atoms with Crippen LogP contribution >= 0.6 is 0 Å². The van der Waals surface area contributed by atoms with Crippen LogP contribution in [0, 0.1) is 11.3 Å².